The van der Waals surface area contributed by atoms with Crippen LogP contribution in [-0.2, 0) is 20.8 Å². The summed E-state index contributed by atoms with van der Waals surface area (Å²) in [6.45, 7) is 3.79. The number of rotatable bonds is 7. The van der Waals surface area contributed by atoms with Crippen molar-refractivity contribution < 1.29 is 22.1 Å². The summed E-state index contributed by atoms with van der Waals surface area (Å²) in [4.78, 5) is 1.45. The summed E-state index contributed by atoms with van der Waals surface area (Å²) in [5.41, 5.74) is 3.36. The van der Waals surface area contributed by atoms with Gasteiger partial charge in [-0.3, -0.25) is 0 Å². The Morgan fingerprint density at radius 2 is 1.42 bits per heavy atom. The minimum absolute atomic E-state index is 0.179. The molecule has 38 heavy (non-hydrogen) atoms. The fraction of sp³-hybridized carbons (Fsp3) is 0.133. The second kappa shape index (κ2) is 10.1. The normalized spacial score (nSPS) is 12.4. The zero-order chi connectivity index (χ0) is 27.0. The minimum Gasteiger partial charge on any atom is -0.493 e. The Morgan fingerprint density at radius 1 is 0.737 bits per heavy atom. The lowest BCUT2D eigenvalue weighted by molar-refractivity contribution is 0.355. The molecule has 0 fully saturated rings. The minimum atomic E-state index is -3.99. The lowest BCUT2D eigenvalue weighted by Crippen LogP contribution is -2.14. The largest absolute Gasteiger partial charge is 0.493 e. The third-order valence-electron chi connectivity index (χ3n) is 6.54. The van der Waals surface area contributed by atoms with Crippen molar-refractivity contribution in [1.29, 1.82) is 0 Å². The van der Waals surface area contributed by atoms with Crippen LogP contribution in [0.15, 0.2) is 106 Å². The summed E-state index contributed by atoms with van der Waals surface area (Å²) in [6.07, 6.45) is 0. The van der Waals surface area contributed by atoms with Crippen LogP contribution in [0.5, 0.6) is 11.5 Å². The zero-order valence-corrected chi connectivity index (χ0v) is 23.1. The fourth-order valence-electron chi connectivity index (χ4n) is 4.57. The smallest absolute Gasteiger partial charge is 0.268 e. The highest BCUT2D eigenvalue weighted by Gasteiger charge is 2.27. The summed E-state index contributed by atoms with van der Waals surface area (Å²) in [6, 6.07) is 26.6. The van der Waals surface area contributed by atoms with Gasteiger partial charge in [-0.15, -0.1) is 0 Å². The molecule has 5 rings (SSSR count). The van der Waals surface area contributed by atoms with Gasteiger partial charge in [0.15, 0.2) is 11.5 Å². The lowest BCUT2D eigenvalue weighted by atomic mass is 10.1. The van der Waals surface area contributed by atoms with Gasteiger partial charge in [-0.05, 0) is 80.1 Å². The molecule has 0 amide bonds. The van der Waals surface area contributed by atoms with Crippen LogP contribution in [0.1, 0.15) is 11.1 Å². The molecule has 0 aliphatic heterocycles. The molecule has 1 heterocycles. The SMILES string of the molecule is COc1ccc(-c2c(C)c3cc(S(=O)c4ccccc4)ccc3n2S(=O)(=O)c2ccc(C)cc2)cc1OC. The van der Waals surface area contributed by atoms with Crippen LogP contribution >= 0.6 is 0 Å². The maximum atomic E-state index is 14.1. The molecule has 0 radical (unpaired) electrons. The van der Waals surface area contributed by atoms with Crippen molar-refractivity contribution in [1.82, 2.24) is 3.97 Å². The number of methoxy groups -OCH3 is 2. The van der Waals surface area contributed by atoms with Crippen molar-refractivity contribution in [3.05, 3.63) is 102 Å². The quantitative estimate of drug-likeness (QED) is 0.238. The van der Waals surface area contributed by atoms with Crippen LogP contribution in [0.2, 0.25) is 0 Å². The van der Waals surface area contributed by atoms with Gasteiger partial charge in [-0.2, -0.15) is 0 Å². The van der Waals surface area contributed by atoms with Crippen LogP contribution in [0.4, 0.5) is 0 Å². The summed E-state index contributed by atoms with van der Waals surface area (Å²) in [5.74, 6) is 1.03. The van der Waals surface area contributed by atoms with E-state index in [1.807, 2.05) is 56.3 Å². The molecule has 0 saturated heterocycles. The number of benzene rings is 4. The Balaban J connectivity index is 1.80. The van der Waals surface area contributed by atoms with E-state index in [-0.39, 0.29) is 4.90 Å². The van der Waals surface area contributed by atoms with Gasteiger partial charge >= 0.3 is 0 Å². The maximum Gasteiger partial charge on any atom is 0.268 e. The van der Waals surface area contributed by atoms with Crippen LogP contribution < -0.4 is 9.47 Å². The second-order valence-corrected chi connectivity index (χ2v) is 12.2. The molecule has 0 N–H and O–H groups in total. The molecule has 5 aromatic rings. The maximum absolute atomic E-state index is 14.1. The van der Waals surface area contributed by atoms with E-state index in [0.717, 1.165) is 11.1 Å². The Hall–Kier alpha value is -3.88. The zero-order valence-electron chi connectivity index (χ0n) is 21.5. The molecule has 1 aromatic heterocycles. The first-order chi connectivity index (χ1) is 18.3. The Kier molecular flexibility index (Phi) is 6.86. The van der Waals surface area contributed by atoms with E-state index in [1.54, 1.807) is 55.6 Å². The van der Waals surface area contributed by atoms with Gasteiger partial charge in [-0.25, -0.2) is 16.6 Å². The van der Waals surface area contributed by atoms with Crippen molar-refractivity contribution in [2.24, 2.45) is 0 Å². The first kappa shape index (κ1) is 25.8. The summed E-state index contributed by atoms with van der Waals surface area (Å²) < 4.78 is 53.9. The van der Waals surface area contributed by atoms with Crippen molar-refractivity contribution in [3.63, 3.8) is 0 Å². The molecule has 6 nitrogen and oxygen atoms in total. The van der Waals surface area contributed by atoms with Gasteiger partial charge in [0.05, 0.1) is 41.1 Å². The highest BCUT2D eigenvalue weighted by molar-refractivity contribution is 7.90. The number of fused-ring (bicyclic) bond motifs is 1. The third-order valence-corrected chi connectivity index (χ3v) is 9.65. The predicted octanol–water partition coefficient (Wildman–Crippen LogP) is 6.35. The van der Waals surface area contributed by atoms with Gasteiger partial charge in [-0.1, -0.05) is 35.9 Å². The van der Waals surface area contributed by atoms with Crippen molar-refractivity contribution in [2.45, 2.75) is 28.5 Å². The fourth-order valence-corrected chi connectivity index (χ4v) is 7.26. The molecule has 0 saturated carbocycles. The van der Waals surface area contributed by atoms with Gasteiger partial charge in [0.1, 0.15) is 0 Å². The van der Waals surface area contributed by atoms with E-state index in [0.29, 0.717) is 43.5 Å². The lowest BCUT2D eigenvalue weighted by Gasteiger charge is -2.15. The molecule has 4 aromatic carbocycles. The molecule has 1 unspecified atom stereocenters. The average Bonchev–Trinajstić information content (AvgIpc) is 3.25. The number of hydrogen-bond donors (Lipinski definition) is 0. The van der Waals surface area contributed by atoms with Crippen molar-refractivity contribution in [3.8, 4) is 22.8 Å². The highest BCUT2D eigenvalue weighted by Crippen LogP contribution is 2.40. The molecule has 0 spiro atoms. The van der Waals surface area contributed by atoms with E-state index in [2.05, 4.69) is 0 Å². The van der Waals surface area contributed by atoms with Gasteiger partial charge in [0.2, 0.25) is 0 Å². The summed E-state index contributed by atoms with van der Waals surface area (Å²) in [7, 11) is -2.32. The Bertz CT molecular complexity index is 1770. The third kappa shape index (κ3) is 4.40. The molecule has 8 heteroatoms. The highest BCUT2D eigenvalue weighted by atomic mass is 32.2. The van der Waals surface area contributed by atoms with Gasteiger partial charge < -0.3 is 9.47 Å². The van der Waals surface area contributed by atoms with Crippen LogP contribution in [0.3, 0.4) is 0 Å². The molecular formula is C30H27NO5S2. The number of aromatic nitrogens is 1. The predicted molar refractivity (Wildman–Crippen MR) is 150 cm³/mol. The van der Waals surface area contributed by atoms with E-state index in [9.17, 15) is 12.6 Å². The molecule has 1 atom stereocenters. The summed E-state index contributed by atoms with van der Waals surface area (Å²) >= 11 is 0. The Morgan fingerprint density at radius 3 is 2.08 bits per heavy atom. The Labute approximate surface area is 225 Å². The molecule has 0 aliphatic rings. The van der Waals surface area contributed by atoms with Crippen LogP contribution in [0.25, 0.3) is 22.2 Å². The number of hydrogen-bond acceptors (Lipinski definition) is 5. The van der Waals surface area contributed by atoms with Gasteiger partial charge in [0.25, 0.3) is 10.0 Å². The average molecular weight is 546 g/mol. The molecule has 0 bridgehead atoms. The monoisotopic (exact) mass is 545 g/mol. The van der Waals surface area contributed by atoms with Crippen molar-refractivity contribution in [2.75, 3.05) is 14.2 Å². The van der Waals surface area contributed by atoms with E-state index >= 15 is 0 Å². The van der Waals surface area contributed by atoms with Crippen LogP contribution in [-0.4, -0.2) is 30.8 Å². The van der Waals surface area contributed by atoms with Crippen LogP contribution in [0, 0.1) is 13.8 Å². The standard InChI is InChI=1S/C30H27NO5S2/c1-20-10-14-25(15-11-20)38(33,34)31-27-16-13-24(37(32)23-8-6-5-7-9-23)19-26(27)21(2)30(31)22-12-17-28(35-3)29(18-22)36-4/h5-19H,1-4H3. The molecule has 0 aliphatic carbocycles. The topological polar surface area (TPSA) is 74.6 Å². The van der Waals surface area contributed by atoms with E-state index in [4.69, 9.17) is 9.47 Å². The number of ether oxygens (including phenoxy) is 2. The van der Waals surface area contributed by atoms with Gasteiger partial charge in [0, 0.05) is 20.7 Å². The number of aryl methyl sites for hydroxylation is 2. The van der Waals surface area contributed by atoms with Crippen molar-refractivity contribution >= 4 is 31.7 Å². The van der Waals surface area contributed by atoms with E-state index < -0.39 is 20.8 Å². The first-order valence-electron chi connectivity index (χ1n) is 11.9. The number of nitrogens with zero attached hydrogens (tertiary/aromatic N) is 1. The molecular weight excluding hydrogens is 518 g/mol. The second-order valence-electron chi connectivity index (χ2n) is 8.89. The summed E-state index contributed by atoms with van der Waals surface area (Å²) in [5, 5.41) is 0.701. The first-order valence-corrected chi connectivity index (χ1v) is 14.5. The van der Waals surface area contributed by atoms with E-state index in [1.165, 1.54) is 11.1 Å². The molecule has 194 valence electrons.